The molecule has 8 aromatic carbocycles. The van der Waals surface area contributed by atoms with Crippen LogP contribution in [0.4, 0.5) is 0 Å². The van der Waals surface area contributed by atoms with Gasteiger partial charge in [-0.05, 0) is 128 Å². The second-order valence-corrected chi connectivity index (χ2v) is 15.2. The van der Waals surface area contributed by atoms with Crippen LogP contribution in [0.25, 0.3) is 100.0 Å². The van der Waals surface area contributed by atoms with E-state index >= 15 is 0 Å². The predicted molar refractivity (Wildman–Crippen MR) is 237 cm³/mol. The Bertz CT molecular complexity index is 3200. The van der Waals surface area contributed by atoms with Crippen molar-refractivity contribution in [2.45, 2.75) is 20.3 Å². The summed E-state index contributed by atoms with van der Waals surface area (Å²) in [6.07, 6.45) is 2.60. The van der Waals surface area contributed by atoms with Crippen LogP contribution in [-0.4, -0.2) is 15.4 Å². The van der Waals surface area contributed by atoms with E-state index in [-0.39, 0.29) is 0 Å². The van der Waals surface area contributed by atoms with Crippen molar-refractivity contribution < 1.29 is 4.42 Å². The smallest absolute Gasteiger partial charge is 0.136 e. The summed E-state index contributed by atoms with van der Waals surface area (Å²) in [6, 6.07) is 60.8. The molecule has 274 valence electrons. The zero-order valence-corrected chi connectivity index (χ0v) is 32.2. The summed E-state index contributed by atoms with van der Waals surface area (Å²) in [5, 5.41) is 15.5. The van der Waals surface area contributed by atoms with Crippen molar-refractivity contribution in [3.63, 3.8) is 0 Å². The van der Waals surface area contributed by atoms with Crippen LogP contribution in [0.15, 0.2) is 180 Å². The number of aromatic nitrogens is 3. The topological polar surface area (TPSA) is 51.8 Å². The molecule has 1 aliphatic rings. The molecular weight excluding hydrogens is 707 g/mol. The Balaban J connectivity index is 1.34. The van der Waals surface area contributed by atoms with Crippen LogP contribution in [0.2, 0.25) is 0 Å². The van der Waals surface area contributed by atoms with Gasteiger partial charge in [0.1, 0.15) is 11.2 Å². The molecule has 2 heterocycles. The number of para-hydroxylation sites is 1. The molecule has 0 radical (unpaired) electrons. The van der Waals surface area contributed by atoms with Gasteiger partial charge < -0.3 is 4.42 Å². The molecule has 11 rings (SSSR count). The zero-order valence-electron chi connectivity index (χ0n) is 32.2. The minimum absolute atomic E-state index is 0.759. The number of fused-ring (bicyclic) bond motifs is 6. The molecule has 0 N–H and O–H groups in total. The van der Waals surface area contributed by atoms with Gasteiger partial charge in [0.2, 0.25) is 0 Å². The summed E-state index contributed by atoms with van der Waals surface area (Å²) in [6.45, 7) is 4.53. The lowest BCUT2D eigenvalue weighted by Gasteiger charge is -2.25. The number of nitrogens with zero attached hydrogens (tertiary/aromatic N) is 3. The normalized spacial score (nSPS) is 11.9. The van der Waals surface area contributed by atoms with E-state index in [4.69, 9.17) is 9.52 Å². The predicted octanol–water partition coefficient (Wildman–Crippen LogP) is 14.0. The number of rotatable bonds is 6. The molecule has 0 bridgehead atoms. The highest BCUT2D eigenvalue weighted by Crippen LogP contribution is 2.54. The molecule has 58 heavy (non-hydrogen) atoms. The third-order valence-electron chi connectivity index (χ3n) is 12.0. The van der Waals surface area contributed by atoms with Gasteiger partial charge >= 0.3 is 0 Å². The number of benzene rings is 8. The number of aryl methyl sites for hydroxylation is 1. The van der Waals surface area contributed by atoms with E-state index in [9.17, 15) is 0 Å². The van der Waals surface area contributed by atoms with Crippen LogP contribution in [-0.2, 0) is 6.42 Å². The average molecular weight is 744 g/mol. The standard InChI is InChI=1S/C54H37N3O/c1-33-31-45-39-21-10-9-19-37(39)32-46(45)50(34(33)2)54-40(36-17-7-4-8-18-36)25-26-44(52(54)47-29-30-55-57-56-47)51-42(27-28-49-53(51)43-23-13-14-24-48(43)58-49)41-22-12-11-20-38(41)35-15-5-3-6-16-35/h3-31H,32H2,1-2H3. The van der Waals surface area contributed by atoms with Gasteiger partial charge in [0.05, 0.1) is 11.9 Å². The number of hydrogen-bond acceptors (Lipinski definition) is 4. The minimum atomic E-state index is 0.759. The Morgan fingerprint density at radius 2 is 1.12 bits per heavy atom. The van der Waals surface area contributed by atoms with Crippen LogP contribution >= 0.6 is 0 Å². The first kappa shape index (κ1) is 33.9. The van der Waals surface area contributed by atoms with Crippen LogP contribution < -0.4 is 0 Å². The summed E-state index contributed by atoms with van der Waals surface area (Å²) in [7, 11) is 0. The second-order valence-electron chi connectivity index (χ2n) is 15.2. The van der Waals surface area contributed by atoms with Gasteiger partial charge in [0, 0.05) is 27.5 Å². The van der Waals surface area contributed by atoms with Crippen molar-refractivity contribution in [2.24, 2.45) is 0 Å². The van der Waals surface area contributed by atoms with E-state index in [0.717, 1.165) is 89.7 Å². The largest absolute Gasteiger partial charge is 0.456 e. The summed E-state index contributed by atoms with van der Waals surface area (Å²) in [4.78, 5) is 0. The van der Waals surface area contributed by atoms with Crippen LogP contribution in [0, 0.1) is 13.8 Å². The summed E-state index contributed by atoms with van der Waals surface area (Å²) in [5.41, 5.74) is 22.6. The molecule has 0 aliphatic heterocycles. The molecule has 0 saturated carbocycles. The highest BCUT2D eigenvalue weighted by atomic mass is 16.3. The van der Waals surface area contributed by atoms with Gasteiger partial charge in [-0.1, -0.05) is 146 Å². The maximum Gasteiger partial charge on any atom is 0.136 e. The Labute approximate surface area is 337 Å². The Morgan fingerprint density at radius 1 is 0.466 bits per heavy atom. The maximum atomic E-state index is 6.67. The quantitative estimate of drug-likeness (QED) is 0.170. The van der Waals surface area contributed by atoms with E-state index in [1.807, 2.05) is 12.1 Å². The first-order valence-electron chi connectivity index (χ1n) is 19.8. The van der Waals surface area contributed by atoms with Gasteiger partial charge in [0.15, 0.2) is 0 Å². The molecule has 0 amide bonds. The fourth-order valence-electron chi connectivity index (χ4n) is 9.34. The highest BCUT2D eigenvalue weighted by molar-refractivity contribution is 6.19. The van der Waals surface area contributed by atoms with Gasteiger partial charge in [0.25, 0.3) is 0 Å². The van der Waals surface area contributed by atoms with Crippen molar-refractivity contribution in [1.29, 1.82) is 0 Å². The molecule has 4 nitrogen and oxygen atoms in total. The van der Waals surface area contributed by atoms with Crippen LogP contribution in [0.5, 0.6) is 0 Å². The Kier molecular flexibility index (Phi) is 7.97. The molecule has 10 aromatic rings. The summed E-state index contributed by atoms with van der Waals surface area (Å²) < 4.78 is 6.67. The fourth-order valence-corrected chi connectivity index (χ4v) is 9.34. The highest BCUT2D eigenvalue weighted by Gasteiger charge is 2.31. The molecule has 2 aromatic heterocycles. The van der Waals surface area contributed by atoms with Gasteiger partial charge in [-0.25, -0.2) is 0 Å². The van der Waals surface area contributed by atoms with Crippen molar-refractivity contribution >= 4 is 21.9 Å². The van der Waals surface area contributed by atoms with Gasteiger partial charge in [-0.3, -0.25) is 0 Å². The summed E-state index contributed by atoms with van der Waals surface area (Å²) in [5.74, 6) is 0. The lowest BCUT2D eigenvalue weighted by Crippen LogP contribution is -2.03. The number of hydrogen-bond donors (Lipinski definition) is 0. The molecule has 0 unspecified atom stereocenters. The van der Waals surface area contributed by atoms with E-state index in [1.165, 1.54) is 38.9 Å². The van der Waals surface area contributed by atoms with Crippen molar-refractivity contribution in [1.82, 2.24) is 15.4 Å². The average Bonchev–Trinajstić information content (AvgIpc) is 3.85. The van der Waals surface area contributed by atoms with E-state index < -0.39 is 0 Å². The second kappa shape index (κ2) is 13.6. The third-order valence-corrected chi connectivity index (χ3v) is 12.0. The molecular formula is C54H37N3O. The van der Waals surface area contributed by atoms with E-state index in [1.54, 1.807) is 6.20 Å². The lowest BCUT2D eigenvalue weighted by atomic mass is 9.78. The van der Waals surface area contributed by atoms with E-state index in [0.29, 0.717) is 0 Å². The third kappa shape index (κ3) is 5.33. The molecule has 4 heteroatoms. The van der Waals surface area contributed by atoms with E-state index in [2.05, 4.69) is 182 Å². The first-order valence-corrected chi connectivity index (χ1v) is 19.8. The monoisotopic (exact) mass is 743 g/mol. The molecule has 0 spiro atoms. The maximum absolute atomic E-state index is 6.67. The molecule has 0 fully saturated rings. The molecule has 0 atom stereocenters. The Morgan fingerprint density at radius 3 is 1.90 bits per heavy atom. The molecule has 0 saturated heterocycles. The fraction of sp³-hybridized carbons (Fsp3) is 0.0556. The molecule has 1 aliphatic carbocycles. The van der Waals surface area contributed by atoms with Crippen molar-refractivity contribution in [3.05, 3.63) is 198 Å². The van der Waals surface area contributed by atoms with Gasteiger partial charge in [-0.2, -0.15) is 0 Å². The van der Waals surface area contributed by atoms with Crippen LogP contribution in [0.1, 0.15) is 22.3 Å². The van der Waals surface area contributed by atoms with Crippen molar-refractivity contribution in [3.8, 4) is 78.0 Å². The lowest BCUT2D eigenvalue weighted by molar-refractivity contribution is 0.669. The minimum Gasteiger partial charge on any atom is -0.456 e. The first-order chi connectivity index (χ1) is 28.6. The zero-order chi connectivity index (χ0) is 38.7. The SMILES string of the molecule is Cc1cc2c(c(-c3c(-c4ccccc4)ccc(-c4c(-c5ccccc5-c5ccccc5)ccc5oc6ccccc6c45)c3-c3ccnnn3)c1C)Cc1ccccc1-2. The van der Waals surface area contributed by atoms with Gasteiger partial charge in [-0.15, -0.1) is 10.2 Å². The van der Waals surface area contributed by atoms with Crippen LogP contribution in [0.3, 0.4) is 0 Å². The van der Waals surface area contributed by atoms with Crippen molar-refractivity contribution in [2.75, 3.05) is 0 Å². The summed E-state index contributed by atoms with van der Waals surface area (Å²) >= 11 is 0. The Hall–Kier alpha value is -7.43. The number of furan rings is 1.